The highest BCUT2D eigenvalue weighted by molar-refractivity contribution is 5.78. The Kier molecular flexibility index (Phi) is 2.61. The first kappa shape index (κ1) is 11.6. The van der Waals surface area contributed by atoms with Crippen molar-refractivity contribution >= 4 is 11.0 Å². The minimum absolute atomic E-state index is 0.0201. The number of rotatable bonds is 1. The predicted octanol–water partition coefficient (Wildman–Crippen LogP) is 4.16. The third kappa shape index (κ3) is 2.00. The monoisotopic (exact) mass is 250 g/mol. The standard InChI is InChI=1S/C14H16F2N2/c1-9-3-2-4-11-12(9)18-13(17-11)10-5-7-14(15,16)8-6-10/h2-4,10H,5-8H2,1H3,(H,17,18). The number of H-pyrrole nitrogens is 1. The number of aryl methyl sites for hydroxylation is 1. The van der Waals surface area contributed by atoms with Crippen molar-refractivity contribution in [1.29, 1.82) is 0 Å². The fraction of sp³-hybridized carbons (Fsp3) is 0.500. The Morgan fingerprint density at radius 2 is 2.00 bits per heavy atom. The maximum atomic E-state index is 13.1. The second-order valence-corrected chi connectivity index (χ2v) is 5.22. The van der Waals surface area contributed by atoms with Crippen LogP contribution in [0.3, 0.4) is 0 Å². The number of fused-ring (bicyclic) bond motifs is 1. The van der Waals surface area contributed by atoms with Crippen LogP contribution >= 0.6 is 0 Å². The van der Waals surface area contributed by atoms with Gasteiger partial charge in [0.05, 0.1) is 11.0 Å². The highest BCUT2D eigenvalue weighted by Crippen LogP contribution is 2.40. The van der Waals surface area contributed by atoms with Crippen molar-refractivity contribution in [3.8, 4) is 0 Å². The Morgan fingerprint density at radius 3 is 2.67 bits per heavy atom. The van der Waals surface area contributed by atoms with Gasteiger partial charge < -0.3 is 4.98 Å². The fourth-order valence-corrected chi connectivity index (χ4v) is 2.70. The van der Waals surface area contributed by atoms with Gasteiger partial charge in [0.25, 0.3) is 0 Å². The number of aromatic amines is 1. The summed E-state index contributed by atoms with van der Waals surface area (Å²) in [6, 6.07) is 5.98. The van der Waals surface area contributed by atoms with Crippen molar-refractivity contribution in [2.45, 2.75) is 44.4 Å². The van der Waals surface area contributed by atoms with Crippen molar-refractivity contribution < 1.29 is 8.78 Å². The van der Waals surface area contributed by atoms with Crippen molar-refractivity contribution in [1.82, 2.24) is 9.97 Å². The number of nitrogens with zero attached hydrogens (tertiary/aromatic N) is 1. The Hall–Kier alpha value is -1.45. The van der Waals surface area contributed by atoms with Crippen LogP contribution in [0, 0.1) is 6.92 Å². The van der Waals surface area contributed by atoms with E-state index >= 15 is 0 Å². The van der Waals surface area contributed by atoms with Gasteiger partial charge >= 0.3 is 0 Å². The van der Waals surface area contributed by atoms with Gasteiger partial charge in [0, 0.05) is 18.8 Å². The zero-order chi connectivity index (χ0) is 12.8. The molecule has 1 aliphatic carbocycles. The van der Waals surface area contributed by atoms with E-state index in [1.165, 1.54) is 0 Å². The minimum atomic E-state index is -2.47. The van der Waals surface area contributed by atoms with E-state index in [1.54, 1.807) is 0 Å². The second-order valence-electron chi connectivity index (χ2n) is 5.22. The van der Waals surface area contributed by atoms with Crippen LogP contribution in [0.2, 0.25) is 0 Å². The van der Waals surface area contributed by atoms with Crippen LogP contribution < -0.4 is 0 Å². The van der Waals surface area contributed by atoms with Crippen molar-refractivity contribution in [3.63, 3.8) is 0 Å². The van der Waals surface area contributed by atoms with E-state index < -0.39 is 5.92 Å². The van der Waals surface area contributed by atoms with Gasteiger partial charge in [0.1, 0.15) is 5.82 Å². The molecule has 0 amide bonds. The maximum absolute atomic E-state index is 13.1. The number of hydrogen-bond acceptors (Lipinski definition) is 1. The molecular weight excluding hydrogens is 234 g/mol. The summed E-state index contributed by atoms with van der Waals surface area (Å²) in [4.78, 5) is 7.86. The molecule has 18 heavy (non-hydrogen) atoms. The lowest BCUT2D eigenvalue weighted by molar-refractivity contribution is -0.0387. The third-order valence-electron chi connectivity index (χ3n) is 3.84. The molecule has 1 aromatic heterocycles. The molecular formula is C14H16F2N2. The molecule has 3 rings (SSSR count). The lowest BCUT2D eigenvalue weighted by atomic mass is 9.86. The topological polar surface area (TPSA) is 28.7 Å². The van der Waals surface area contributed by atoms with Crippen LogP contribution in [0.15, 0.2) is 18.2 Å². The van der Waals surface area contributed by atoms with Crippen LogP contribution in [0.25, 0.3) is 11.0 Å². The lowest BCUT2D eigenvalue weighted by Gasteiger charge is -2.26. The summed E-state index contributed by atoms with van der Waals surface area (Å²) in [5.74, 6) is -1.45. The molecule has 1 aromatic carbocycles. The van der Waals surface area contributed by atoms with E-state index in [2.05, 4.69) is 9.97 Å². The summed E-state index contributed by atoms with van der Waals surface area (Å²) < 4.78 is 26.3. The van der Waals surface area contributed by atoms with E-state index in [-0.39, 0.29) is 18.8 Å². The second kappa shape index (κ2) is 4.04. The number of hydrogen-bond donors (Lipinski definition) is 1. The van der Waals surface area contributed by atoms with Gasteiger partial charge in [-0.2, -0.15) is 0 Å². The van der Waals surface area contributed by atoms with Crippen molar-refractivity contribution in [2.24, 2.45) is 0 Å². The molecule has 0 atom stereocenters. The number of halogens is 2. The fourth-order valence-electron chi connectivity index (χ4n) is 2.70. The smallest absolute Gasteiger partial charge is 0.248 e. The molecule has 0 unspecified atom stereocenters. The molecule has 96 valence electrons. The van der Waals surface area contributed by atoms with E-state index in [9.17, 15) is 8.78 Å². The van der Waals surface area contributed by atoms with Gasteiger partial charge in [-0.15, -0.1) is 0 Å². The van der Waals surface area contributed by atoms with E-state index in [0.717, 1.165) is 22.4 Å². The van der Waals surface area contributed by atoms with Gasteiger partial charge in [-0.05, 0) is 31.4 Å². The first-order valence-electron chi connectivity index (χ1n) is 6.38. The third-order valence-corrected chi connectivity index (χ3v) is 3.84. The normalized spacial score (nSPS) is 20.4. The molecule has 0 spiro atoms. The molecule has 0 aliphatic heterocycles. The summed E-state index contributed by atoms with van der Waals surface area (Å²) in [7, 11) is 0. The average Bonchev–Trinajstić information content (AvgIpc) is 2.74. The minimum Gasteiger partial charge on any atom is -0.342 e. The van der Waals surface area contributed by atoms with Crippen LogP contribution in [0.4, 0.5) is 8.78 Å². The lowest BCUT2D eigenvalue weighted by Crippen LogP contribution is -2.24. The number of alkyl halides is 2. The van der Waals surface area contributed by atoms with Crippen LogP contribution in [0.5, 0.6) is 0 Å². The molecule has 0 saturated heterocycles. The van der Waals surface area contributed by atoms with Crippen LogP contribution in [0.1, 0.15) is 43.0 Å². The molecule has 1 heterocycles. The molecule has 1 saturated carbocycles. The van der Waals surface area contributed by atoms with Crippen LogP contribution in [-0.2, 0) is 0 Å². The van der Waals surface area contributed by atoms with Crippen molar-refractivity contribution in [2.75, 3.05) is 0 Å². The zero-order valence-corrected chi connectivity index (χ0v) is 10.3. The highest BCUT2D eigenvalue weighted by atomic mass is 19.3. The highest BCUT2D eigenvalue weighted by Gasteiger charge is 2.36. The largest absolute Gasteiger partial charge is 0.342 e. The molecule has 1 aliphatic rings. The summed E-state index contributed by atoms with van der Waals surface area (Å²) in [5.41, 5.74) is 3.09. The summed E-state index contributed by atoms with van der Waals surface area (Å²) in [5, 5.41) is 0. The van der Waals surface area contributed by atoms with E-state index in [1.807, 2.05) is 25.1 Å². The molecule has 4 heteroatoms. The Morgan fingerprint density at radius 1 is 1.28 bits per heavy atom. The number of para-hydroxylation sites is 1. The Balaban J connectivity index is 1.89. The van der Waals surface area contributed by atoms with Gasteiger partial charge in [0.2, 0.25) is 5.92 Å². The van der Waals surface area contributed by atoms with Gasteiger partial charge in [-0.3, -0.25) is 0 Å². The Bertz CT molecular complexity index is 564. The zero-order valence-electron chi connectivity index (χ0n) is 10.3. The van der Waals surface area contributed by atoms with Gasteiger partial charge in [-0.1, -0.05) is 12.1 Å². The van der Waals surface area contributed by atoms with Gasteiger partial charge in [0.15, 0.2) is 0 Å². The maximum Gasteiger partial charge on any atom is 0.248 e. The van der Waals surface area contributed by atoms with Crippen molar-refractivity contribution in [3.05, 3.63) is 29.6 Å². The Labute approximate surface area is 104 Å². The number of aromatic nitrogens is 2. The summed E-state index contributed by atoms with van der Waals surface area (Å²) in [6.45, 7) is 2.02. The molecule has 2 aromatic rings. The SMILES string of the molecule is Cc1cccc2[nH]c(C3CCC(F)(F)CC3)nc12. The van der Waals surface area contributed by atoms with E-state index in [4.69, 9.17) is 0 Å². The molecule has 1 N–H and O–H groups in total. The molecule has 1 fully saturated rings. The number of benzene rings is 1. The summed E-state index contributed by atoms with van der Waals surface area (Å²) >= 11 is 0. The molecule has 0 bridgehead atoms. The summed E-state index contributed by atoms with van der Waals surface area (Å²) in [6.07, 6.45) is 0.999. The number of imidazole rings is 1. The van der Waals surface area contributed by atoms with Crippen LogP contribution in [-0.4, -0.2) is 15.9 Å². The number of nitrogens with one attached hydrogen (secondary N) is 1. The predicted molar refractivity (Wildman–Crippen MR) is 67.0 cm³/mol. The van der Waals surface area contributed by atoms with E-state index in [0.29, 0.717) is 12.8 Å². The first-order valence-corrected chi connectivity index (χ1v) is 6.38. The molecule has 0 radical (unpaired) electrons. The first-order chi connectivity index (χ1) is 8.55. The molecule has 2 nitrogen and oxygen atoms in total. The van der Waals surface area contributed by atoms with Gasteiger partial charge in [-0.25, -0.2) is 13.8 Å². The average molecular weight is 250 g/mol. The quantitative estimate of drug-likeness (QED) is 0.808.